The van der Waals surface area contributed by atoms with E-state index in [1.54, 1.807) is 0 Å². The normalized spacial score (nSPS) is 10.7. The third-order valence-corrected chi connectivity index (χ3v) is 3.81. The van der Waals surface area contributed by atoms with Crippen molar-refractivity contribution in [1.29, 1.82) is 0 Å². The Labute approximate surface area is 134 Å². The van der Waals surface area contributed by atoms with Gasteiger partial charge in [0.15, 0.2) is 17.4 Å². The van der Waals surface area contributed by atoms with Crippen LogP contribution in [0.25, 0.3) is 11.5 Å². The highest BCUT2D eigenvalue weighted by molar-refractivity contribution is 7.99. The summed E-state index contributed by atoms with van der Waals surface area (Å²) in [5.74, 6) is -2.05. The molecule has 4 nitrogen and oxygen atoms in total. The third kappa shape index (κ3) is 3.62. The van der Waals surface area contributed by atoms with Crippen molar-refractivity contribution in [2.24, 2.45) is 0 Å². The largest absolute Gasteiger partial charge is 0.411 e. The van der Waals surface area contributed by atoms with Crippen LogP contribution in [0.5, 0.6) is 0 Å². The van der Waals surface area contributed by atoms with Crippen molar-refractivity contribution in [3.05, 3.63) is 65.7 Å². The Kier molecular flexibility index (Phi) is 4.47. The molecule has 0 amide bonds. The lowest BCUT2D eigenvalue weighted by atomic mass is 10.1. The van der Waals surface area contributed by atoms with Gasteiger partial charge in [0.05, 0.1) is 5.75 Å². The minimum absolute atomic E-state index is 0.0124. The van der Waals surface area contributed by atoms with E-state index in [0.717, 1.165) is 29.5 Å². The Hall–Kier alpha value is -2.54. The molecule has 0 aliphatic heterocycles. The van der Waals surface area contributed by atoms with Crippen molar-refractivity contribution in [3.8, 4) is 11.5 Å². The van der Waals surface area contributed by atoms with E-state index in [-0.39, 0.29) is 22.3 Å². The molecular formula is C16H10F2N2O2S. The lowest BCUT2D eigenvalue weighted by Crippen LogP contribution is -2.03. The van der Waals surface area contributed by atoms with Crippen LogP contribution in [0.1, 0.15) is 10.4 Å². The lowest BCUT2D eigenvalue weighted by molar-refractivity contribution is 0.102. The second-order valence-corrected chi connectivity index (χ2v) is 5.51. The van der Waals surface area contributed by atoms with Gasteiger partial charge in [-0.05, 0) is 30.3 Å². The van der Waals surface area contributed by atoms with Crippen molar-refractivity contribution in [1.82, 2.24) is 10.2 Å². The van der Waals surface area contributed by atoms with E-state index in [4.69, 9.17) is 4.42 Å². The van der Waals surface area contributed by atoms with Gasteiger partial charge in [0.2, 0.25) is 5.89 Å². The minimum atomic E-state index is -1.05. The predicted molar refractivity (Wildman–Crippen MR) is 81.1 cm³/mol. The molecule has 0 saturated heterocycles. The van der Waals surface area contributed by atoms with Gasteiger partial charge in [-0.1, -0.05) is 30.0 Å². The zero-order valence-corrected chi connectivity index (χ0v) is 12.5. The van der Waals surface area contributed by atoms with Gasteiger partial charge in [-0.15, -0.1) is 10.2 Å². The van der Waals surface area contributed by atoms with Gasteiger partial charge in [0, 0.05) is 11.1 Å². The van der Waals surface area contributed by atoms with E-state index >= 15 is 0 Å². The van der Waals surface area contributed by atoms with Gasteiger partial charge in [-0.3, -0.25) is 4.79 Å². The van der Waals surface area contributed by atoms with Crippen molar-refractivity contribution in [2.75, 3.05) is 5.75 Å². The number of nitrogens with zero attached hydrogens (tertiary/aromatic N) is 2. The maximum atomic E-state index is 13.1. The number of Topliss-reactive ketones (excluding diaryl/α,β-unsaturated/α-hetero) is 1. The van der Waals surface area contributed by atoms with Crippen LogP contribution in [0.4, 0.5) is 8.78 Å². The van der Waals surface area contributed by atoms with Crippen LogP contribution >= 0.6 is 11.8 Å². The number of benzene rings is 2. The van der Waals surface area contributed by atoms with E-state index in [1.807, 2.05) is 30.3 Å². The van der Waals surface area contributed by atoms with Gasteiger partial charge in [-0.2, -0.15) is 0 Å². The van der Waals surface area contributed by atoms with Crippen LogP contribution in [0.2, 0.25) is 0 Å². The van der Waals surface area contributed by atoms with Crippen LogP contribution in [-0.2, 0) is 0 Å². The van der Waals surface area contributed by atoms with Crippen molar-refractivity contribution in [3.63, 3.8) is 0 Å². The van der Waals surface area contributed by atoms with Crippen molar-refractivity contribution < 1.29 is 18.0 Å². The summed E-state index contributed by atoms with van der Waals surface area (Å²) in [4.78, 5) is 12.0. The molecule has 3 aromatic rings. The molecule has 1 heterocycles. The van der Waals surface area contributed by atoms with Crippen LogP contribution < -0.4 is 0 Å². The minimum Gasteiger partial charge on any atom is -0.411 e. The summed E-state index contributed by atoms with van der Waals surface area (Å²) in [5.41, 5.74) is 0.873. The Balaban J connectivity index is 1.65. The molecule has 116 valence electrons. The molecule has 0 aliphatic rings. The number of rotatable bonds is 5. The first-order chi connectivity index (χ1) is 11.1. The molecule has 0 saturated carbocycles. The Morgan fingerprint density at radius 1 is 1.04 bits per heavy atom. The number of halogens is 2. The number of thioether (sulfide) groups is 1. The molecule has 0 fully saturated rings. The second-order valence-electron chi connectivity index (χ2n) is 4.58. The molecule has 0 radical (unpaired) electrons. The second kappa shape index (κ2) is 6.70. The average molecular weight is 332 g/mol. The number of hydrogen-bond acceptors (Lipinski definition) is 5. The fourth-order valence-corrected chi connectivity index (χ4v) is 2.50. The molecule has 0 bridgehead atoms. The first kappa shape index (κ1) is 15.4. The van der Waals surface area contributed by atoms with E-state index in [2.05, 4.69) is 10.2 Å². The summed E-state index contributed by atoms with van der Waals surface area (Å²) >= 11 is 1.04. The lowest BCUT2D eigenvalue weighted by Gasteiger charge is -2.00. The zero-order chi connectivity index (χ0) is 16.2. The number of ketones is 1. The third-order valence-electron chi connectivity index (χ3n) is 3.00. The first-order valence-corrected chi connectivity index (χ1v) is 7.62. The number of carbonyl (C=O) groups is 1. The van der Waals surface area contributed by atoms with Crippen molar-refractivity contribution >= 4 is 17.5 Å². The molecule has 3 rings (SSSR count). The highest BCUT2D eigenvalue weighted by Gasteiger charge is 2.13. The summed E-state index contributed by atoms with van der Waals surface area (Å²) in [6.45, 7) is 0. The molecule has 0 unspecified atom stereocenters. The maximum Gasteiger partial charge on any atom is 0.277 e. The summed E-state index contributed by atoms with van der Waals surface area (Å²) in [6, 6.07) is 12.3. The summed E-state index contributed by atoms with van der Waals surface area (Å²) in [5, 5.41) is 7.99. The zero-order valence-electron chi connectivity index (χ0n) is 11.7. The predicted octanol–water partition coefficient (Wildman–Crippen LogP) is 3.99. The quantitative estimate of drug-likeness (QED) is 0.522. The average Bonchev–Trinajstić information content (AvgIpc) is 3.05. The molecule has 1 aromatic heterocycles. The topological polar surface area (TPSA) is 56.0 Å². The van der Waals surface area contributed by atoms with Gasteiger partial charge in [0.1, 0.15) is 0 Å². The van der Waals surface area contributed by atoms with E-state index in [0.29, 0.717) is 5.89 Å². The van der Waals surface area contributed by atoms with Crippen LogP contribution in [-0.4, -0.2) is 21.7 Å². The van der Waals surface area contributed by atoms with Gasteiger partial charge in [0.25, 0.3) is 5.22 Å². The fraction of sp³-hybridized carbons (Fsp3) is 0.0625. The van der Waals surface area contributed by atoms with E-state index in [1.165, 1.54) is 6.07 Å². The Morgan fingerprint density at radius 2 is 1.83 bits per heavy atom. The number of hydrogen-bond donors (Lipinski definition) is 0. The van der Waals surface area contributed by atoms with Gasteiger partial charge >= 0.3 is 0 Å². The monoisotopic (exact) mass is 332 g/mol. The number of carbonyl (C=O) groups excluding carboxylic acids is 1. The molecule has 23 heavy (non-hydrogen) atoms. The summed E-state index contributed by atoms with van der Waals surface area (Å²) in [6.07, 6.45) is 0. The van der Waals surface area contributed by atoms with Crippen LogP contribution in [0.15, 0.2) is 58.2 Å². The standard InChI is InChI=1S/C16H10F2N2O2S/c17-12-7-6-11(8-13(12)18)14(21)9-23-16-20-19-15(22-16)10-4-2-1-3-5-10/h1-8H,9H2. The van der Waals surface area contributed by atoms with E-state index in [9.17, 15) is 13.6 Å². The van der Waals surface area contributed by atoms with Gasteiger partial charge in [-0.25, -0.2) is 8.78 Å². The number of aromatic nitrogens is 2. The Morgan fingerprint density at radius 3 is 2.57 bits per heavy atom. The molecule has 7 heteroatoms. The van der Waals surface area contributed by atoms with Crippen LogP contribution in [0.3, 0.4) is 0 Å². The highest BCUT2D eigenvalue weighted by atomic mass is 32.2. The molecule has 0 spiro atoms. The van der Waals surface area contributed by atoms with Crippen LogP contribution in [0, 0.1) is 11.6 Å². The van der Waals surface area contributed by atoms with E-state index < -0.39 is 11.6 Å². The molecule has 2 aromatic carbocycles. The highest BCUT2D eigenvalue weighted by Crippen LogP contribution is 2.23. The summed E-state index contributed by atoms with van der Waals surface area (Å²) in [7, 11) is 0. The summed E-state index contributed by atoms with van der Waals surface area (Å²) < 4.78 is 31.4. The van der Waals surface area contributed by atoms with Gasteiger partial charge < -0.3 is 4.42 Å². The van der Waals surface area contributed by atoms with Crippen molar-refractivity contribution in [2.45, 2.75) is 5.22 Å². The Bertz CT molecular complexity index is 837. The fourth-order valence-electron chi connectivity index (χ4n) is 1.85. The molecule has 0 atom stereocenters. The first-order valence-electron chi connectivity index (χ1n) is 6.63. The smallest absolute Gasteiger partial charge is 0.277 e. The molecular weight excluding hydrogens is 322 g/mol. The maximum absolute atomic E-state index is 13.1. The molecule has 0 aliphatic carbocycles. The molecule has 0 N–H and O–H groups in total. The SMILES string of the molecule is O=C(CSc1nnc(-c2ccccc2)o1)c1ccc(F)c(F)c1.